The van der Waals surface area contributed by atoms with Crippen molar-refractivity contribution in [3.8, 4) is 5.75 Å². The van der Waals surface area contributed by atoms with E-state index in [0.29, 0.717) is 6.61 Å². The van der Waals surface area contributed by atoms with E-state index in [0.717, 1.165) is 35.7 Å². The van der Waals surface area contributed by atoms with Gasteiger partial charge in [0, 0.05) is 18.0 Å². The fourth-order valence-electron chi connectivity index (χ4n) is 2.55. The summed E-state index contributed by atoms with van der Waals surface area (Å²) < 4.78 is 10.7. The molecule has 5 nitrogen and oxygen atoms in total. The van der Waals surface area contributed by atoms with Crippen LogP contribution in [0.15, 0.2) is 48.5 Å². The molecule has 0 saturated carbocycles. The van der Waals surface area contributed by atoms with Gasteiger partial charge in [-0.1, -0.05) is 12.1 Å². The molecule has 1 aliphatic heterocycles. The van der Waals surface area contributed by atoms with Gasteiger partial charge in [-0.2, -0.15) is 0 Å². The number of benzene rings is 2. The molecule has 1 amide bonds. The average molecular weight is 312 g/mol. The molecule has 0 spiro atoms. The molecule has 1 fully saturated rings. The van der Waals surface area contributed by atoms with Crippen molar-refractivity contribution >= 4 is 23.0 Å². The molecule has 1 aliphatic rings. The lowest BCUT2D eigenvalue weighted by Gasteiger charge is -2.13. The Morgan fingerprint density at radius 2 is 1.87 bits per heavy atom. The second-order valence-electron chi connectivity index (χ2n) is 5.39. The van der Waals surface area contributed by atoms with Crippen LogP contribution in [-0.4, -0.2) is 25.7 Å². The van der Waals surface area contributed by atoms with Crippen LogP contribution in [0.25, 0.3) is 0 Å². The molecule has 5 heteroatoms. The highest BCUT2D eigenvalue weighted by atomic mass is 16.5. The van der Waals surface area contributed by atoms with Gasteiger partial charge in [0.15, 0.2) is 0 Å². The number of carbonyl (C=O) groups is 1. The molecule has 0 aromatic heterocycles. The minimum atomic E-state index is -0.318. The molecule has 3 rings (SSSR count). The SMILES string of the molecule is COc1ccccc1Nc1ccc(NC(=O)C2CCCO2)cc1. The van der Waals surface area contributed by atoms with E-state index in [9.17, 15) is 4.79 Å². The van der Waals surface area contributed by atoms with E-state index in [-0.39, 0.29) is 12.0 Å². The smallest absolute Gasteiger partial charge is 0.253 e. The summed E-state index contributed by atoms with van der Waals surface area (Å²) in [7, 11) is 1.64. The van der Waals surface area contributed by atoms with Gasteiger partial charge in [-0.05, 0) is 49.2 Å². The van der Waals surface area contributed by atoms with Crippen molar-refractivity contribution in [2.45, 2.75) is 18.9 Å². The van der Waals surface area contributed by atoms with Crippen LogP contribution in [0, 0.1) is 0 Å². The lowest BCUT2D eigenvalue weighted by atomic mass is 10.2. The summed E-state index contributed by atoms with van der Waals surface area (Å²) >= 11 is 0. The van der Waals surface area contributed by atoms with Gasteiger partial charge in [0.2, 0.25) is 0 Å². The topological polar surface area (TPSA) is 59.6 Å². The number of methoxy groups -OCH3 is 1. The molecule has 0 aliphatic carbocycles. The van der Waals surface area contributed by atoms with Gasteiger partial charge >= 0.3 is 0 Å². The van der Waals surface area contributed by atoms with Crippen molar-refractivity contribution < 1.29 is 14.3 Å². The maximum Gasteiger partial charge on any atom is 0.253 e. The number of ether oxygens (including phenoxy) is 2. The average Bonchev–Trinajstić information content (AvgIpc) is 3.12. The number of carbonyl (C=O) groups excluding carboxylic acids is 1. The zero-order valence-corrected chi connectivity index (χ0v) is 13.0. The zero-order chi connectivity index (χ0) is 16.1. The molecule has 2 aromatic carbocycles. The lowest BCUT2D eigenvalue weighted by molar-refractivity contribution is -0.124. The molecule has 120 valence electrons. The van der Waals surface area contributed by atoms with Crippen LogP contribution in [-0.2, 0) is 9.53 Å². The van der Waals surface area contributed by atoms with Crippen LogP contribution >= 0.6 is 0 Å². The van der Waals surface area contributed by atoms with Crippen molar-refractivity contribution in [1.29, 1.82) is 0 Å². The summed E-state index contributed by atoms with van der Waals surface area (Å²) in [6.07, 6.45) is 1.42. The molecule has 2 N–H and O–H groups in total. The second-order valence-corrected chi connectivity index (χ2v) is 5.39. The first-order valence-corrected chi connectivity index (χ1v) is 7.69. The first-order chi connectivity index (χ1) is 11.3. The van der Waals surface area contributed by atoms with E-state index in [1.54, 1.807) is 7.11 Å². The minimum Gasteiger partial charge on any atom is -0.495 e. The minimum absolute atomic E-state index is 0.0760. The highest BCUT2D eigenvalue weighted by Gasteiger charge is 2.23. The quantitative estimate of drug-likeness (QED) is 0.886. The number of amides is 1. The van der Waals surface area contributed by atoms with Gasteiger partial charge in [0.25, 0.3) is 5.91 Å². The standard InChI is InChI=1S/C18H20N2O3/c1-22-16-6-3-2-5-15(16)19-13-8-10-14(11-9-13)20-18(21)17-7-4-12-23-17/h2-3,5-6,8-11,17,19H,4,7,12H2,1H3,(H,20,21). The number of nitrogens with one attached hydrogen (secondary N) is 2. The number of rotatable bonds is 5. The molecule has 0 bridgehead atoms. The predicted octanol–water partition coefficient (Wildman–Crippen LogP) is 3.56. The van der Waals surface area contributed by atoms with Gasteiger partial charge in [0.1, 0.15) is 11.9 Å². The Morgan fingerprint density at radius 1 is 1.13 bits per heavy atom. The van der Waals surface area contributed by atoms with E-state index in [4.69, 9.17) is 9.47 Å². The molecule has 1 saturated heterocycles. The Balaban J connectivity index is 1.63. The fourth-order valence-corrected chi connectivity index (χ4v) is 2.55. The maximum atomic E-state index is 12.0. The number of hydrogen-bond donors (Lipinski definition) is 2. The van der Waals surface area contributed by atoms with Gasteiger partial charge in [-0.3, -0.25) is 4.79 Å². The molecule has 1 unspecified atom stereocenters. The Labute approximate surface area is 135 Å². The Kier molecular flexibility index (Phi) is 4.78. The third-order valence-electron chi connectivity index (χ3n) is 3.76. The van der Waals surface area contributed by atoms with E-state index in [1.807, 2.05) is 48.5 Å². The summed E-state index contributed by atoms with van der Waals surface area (Å²) in [5, 5.41) is 6.18. The van der Waals surface area contributed by atoms with E-state index < -0.39 is 0 Å². The van der Waals surface area contributed by atoms with Crippen molar-refractivity contribution in [2.24, 2.45) is 0 Å². The second kappa shape index (κ2) is 7.15. The summed E-state index contributed by atoms with van der Waals surface area (Å²) in [5.41, 5.74) is 2.58. The maximum absolute atomic E-state index is 12.0. The van der Waals surface area contributed by atoms with Crippen LogP contribution in [0.5, 0.6) is 5.75 Å². The molecular weight excluding hydrogens is 292 g/mol. The van der Waals surface area contributed by atoms with E-state index in [1.165, 1.54) is 0 Å². The van der Waals surface area contributed by atoms with Gasteiger partial charge < -0.3 is 20.1 Å². The van der Waals surface area contributed by atoms with Crippen molar-refractivity contribution in [1.82, 2.24) is 0 Å². The van der Waals surface area contributed by atoms with Gasteiger partial charge in [-0.15, -0.1) is 0 Å². The Morgan fingerprint density at radius 3 is 2.57 bits per heavy atom. The van der Waals surface area contributed by atoms with Crippen molar-refractivity contribution in [3.63, 3.8) is 0 Å². The van der Waals surface area contributed by atoms with Crippen LogP contribution in [0.3, 0.4) is 0 Å². The largest absolute Gasteiger partial charge is 0.495 e. The molecular formula is C18H20N2O3. The van der Waals surface area contributed by atoms with Crippen LogP contribution in [0.4, 0.5) is 17.1 Å². The Bertz CT molecular complexity index is 664. The normalized spacial score (nSPS) is 16.8. The molecule has 1 heterocycles. The Hall–Kier alpha value is -2.53. The van der Waals surface area contributed by atoms with Gasteiger partial charge in [-0.25, -0.2) is 0 Å². The predicted molar refractivity (Wildman–Crippen MR) is 90.3 cm³/mol. The summed E-state index contributed by atoms with van der Waals surface area (Å²) in [5.74, 6) is 0.705. The highest BCUT2D eigenvalue weighted by Crippen LogP contribution is 2.27. The highest BCUT2D eigenvalue weighted by molar-refractivity contribution is 5.94. The first-order valence-electron chi connectivity index (χ1n) is 7.69. The number of para-hydroxylation sites is 2. The van der Waals surface area contributed by atoms with Crippen LogP contribution in [0.1, 0.15) is 12.8 Å². The third kappa shape index (κ3) is 3.81. The molecule has 23 heavy (non-hydrogen) atoms. The monoisotopic (exact) mass is 312 g/mol. The zero-order valence-electron chi connectivity index (χ0n) is 13.0. The van der Waals surface area contributed by atoms with E-state index in [2.05, 4.69) is 10.6 Å². The summed E-state index contributed by atoms with van der Waals surface area (Å²) in [6, 6.07) is 15.3. The van der Waals surface area contributed by atoms with Crippen molar-refractivity contribution in [3.05, 3.63) is 48.5 Å². The molecule has 1 atom stereocenters. The fraction of sp³-hybridized carbons (Fsp3) is 0.278. The third-order valence-corrected chi connectivity index (χ3v) is 3.76. The van der Waals surface area contributed by atoms with Gasteiger partial charge in [0.05, 0.1) is 12.8 Å². The van der Waals surface area contributed by atoms with E-state index >= 15 is 0 Å². The first kappa shape index (κ1) is 15.4. The van der Waals surface area contributed by atoms with Crippen LogP contribution in [0.2, 0.25) is 0 Å². The number of hydrogen-bond acceptors (Lipinski definition) is 4. The van der Waals surface area contributed by atoms with Crippen LogP contribution < -0.4 is 15.4 Å². The summed E-state index contributed by atoms with van der Waals surface area (Å²) in [4.78, 5) is 12.0. The number of anilines is 3. The van der Waals surface area contributed by atoms with Crippen molar-refractivity contribution in [2.75, 3.05) is 24.4 Å². The molecule has 2 aromatic rings. The molecule has 0 radical (unpaired) electrons. The summed E-state index contributed by atoms with van der Waals surface area (Å²) in [6.45, 7) is 0.667. The lowest BCUT2D eigenvalue weighted by Crippen LogP contribution is -2.26.